The zero-order valence-corrected chi connectivity index (χ0v) is 12.2. The van der Waals surface area contributed by atoms with E-state index in [4.69, 9.17) is 23.2 Å². The van der Waals surface area contributed by atoms with Crippen molar-refractivity contribution in [3.05, 3.63) is 40.0 Å². The summed E-state index contributed by atoms with van der Waals surface area (Å²) in [6.07, 6.45) is 1.90. The lowest BCUT2D eigenvalue weighted by atomic mass is 10.2. The van der Waals surface area contributed by atoms with Crippen molar-refractivity contribution in [2.75, 3.05) is 11.6 Å². The molecule has 0 fully saturated rings. The second kappa shape index (κ2) is 5.78. The van der Waals surface area contributed by atoms with Crippen LogP contribution in [0.4, 0.5) is 11.5 Å². The molecule has 18 heavy (non-hydrogen) atoms. The van der Waals surface area contributed by atoms with Crippen molar-refractivity contribution in [1.82, 2.24) is 9.97 Å². The third kappa shape index (κ3) is 3.07. The molecule has 0 aliphatic carbocycles. The summed E-state index contributed by atoms with van der Waals surface area (Å²) < 4.78 is 0. The molecule has 0 spiro atoms. The first-order chi connectivity index (χ1) is 8.60. The van der Waals surface area contributed by atoms with Crippen LogP contribution in [0.3, 0.4) is 0 Å². The molecule has 6 heteroatoms. The van der Waals surface area contributed by atoms with E-state index in [1.165, 1.54) is 11.8 Å². The smallest absolute Gasteiger partial charge is 0.190 e. The molecule has 0 aliphatic rings. The number of para-hydroxylation sites is 1. The van der Waals surface area contributed by atoms with E-state index in [-0.39, 0.29) is 0 Å². The van der Waals surface area contributed by atoms with Crippen molar-refractivity contribution in [2.24, 2.45) is 0 Å². The first-order valence-electron chi connectivity index (χ1n) is 5.21. The van der Waals surface area contributed by atoms with Crippen LogP contribution in [0.5, 0.6) is 0 Å². The van der Waals surface area contributed by atoms with Gasteiger partial charge in [-0.2, -0.15) is 0 Å². The molecule has 0 bridgehead atoms. The quantitative estimate of drug-likeness (QED) is 0.512. The van der Waals surface area contributed by atoms with Crippen LogP contribution >= 0.6 is 35.0 Å². The van der Waals surface area contributed by atoms with E-state index in [0.29, 0.717) is 21.2 Å². The van der Waals surface area contributed by atoms with Crippen LogP contribution in [0.2, 0.25) is 10.2 Å². The molecule has 1 N–H and O–H groups in total. The molecular weight excluding hydrogens is 289 g/mol. The lowest BCUT2D eigenvalue weighted by Gasteiger charge is -2.11. The molecule has 1 aromatic heterocycles. The van der Waals surface area contributed by atoms with Crippen LogP contribution < -0.4 is 5.32 Å². The van der Waals surface area contributed by atoms with Gasteiger partial charge in [0, 0.05) is 6.07 Å². The third-order valence-electron chi connectivity index (χ3n) is 2.33. The van der Waals surface area contributed by atoms with Crippen molar-refractivity contribution in [2.45, 2.75) is 12.1 Å². The molecule has 1 aromatic carbocycles. The van der Waals surface area contributed by atoms with E-state index < -0.39 is 0 Å². The first-order valence-corrected chi connectivity index (χ1v) is 7.19. The maximum atomic E-state index is 6.15. The number of anilines is 2. The Morgan fingerprint density at radius 1 is 1.22 bits per heavy atom. The highest BCUT2D eigenvalue weighted by Crippen LogP contribution is 2.29. The highest BCUT2D eigenvalue weighted by atomic mass is 35.5. The summed E-state index contributed by atoms with van der Waals surface area (Å²) in [5.41, 5.74) is 1.88. The standard InChI is InChI=1S/C12H11Cl2N3S/c1-7-4-3-5-8(13)11(7)16-10-6-9(14)15-12(17-10)18-2/h3-6H,1-2H3,(H,15,16,17). The van der Waals surface area contributed by atoms with E-state index in [1.807, 2.05) is 31.4 Å². The predicted octanol–water partition coefficient (Wildman–Crippen LogP) is 4.56. The summed E-state index contributed by atoms with van der Waals surface area (Å²) in [5.74, 6) is 0.635. The summed E-state index contributed by atoms with van der Waals surface area (Å²) >= 11 is 13.5. The Morgan fingerprint density at radius 3 is 2.67 bits per heavy atom. The number of halogens is 2. The Hall–Kier alpha value is -0.970. The fraction of sp³-hybridized carbons (Fsp3) is 0.167. The van der Waals surface area contributed by atoms with E-state index in [9.17, 15) is 0 Å². The molecule has 2 aromatic rings. The number of thioether (sulfide) groups is 1. The van der Waals surface area contributed by atoms with Gasteiger partial charge in [0.05, 0.1) is 10.7 Å². The van der Waals surface area contributed by atoms with Gasteiger partial charge in [0.25, 0.3) is 0 Å². The van der Waals surface area contributed by atoms with Gasteiger partial charge in [0.15, 0.2) is 5.16 Å². The fourth-order valence-electron chi connectivity index (χ4n) is 1.47. The van der Waals surface area contributed by atoms with Crippen LogP contribution in [-0.2, 0) is 0 Å². The van der Waals surface area contributed by atoms with Gasteiger partial charge in [0.2, 0.25) is 0 Å². The molecule has 0 aliphatic heterocycles. The number of nitrogens with zero attached hydrogens (tertiary/aromatic N) is 2. The molecular formula is C12H11Cl2N3S. The molecule has 0 saturated carbocycles. The summed E-state index contributed by atoms with van der Waals surface area (Å²) in [6, 6.07) is 7.38. The third-order valence-corrected chi connectivity index (χ3v) is 3.39. The molecule has 0 atom stereocenters. The van der Waals surface area contributed by atoms with Crippen LogP contribution in [0.25, 0.3) is 0 Å². The van der Waals surface area contributed by atoms with Gasteiger partial charge >= 0.3 is 0 Å². The zero-order valence-electron chi connectivity index (χ0n) is 9.87. The summed E-state index contributed by atoms with van der Waals surface area (Å²) in [7, 11) is 0. The van der Waals surface area contributed by atoms with Crippen LogP contribution in [0.1, 0.15) is 5.56 Å². The van der Waals surface area contributed by atoms with Gasteiger partial charge in [-0.3, -0.25) is 0 Å². The number of hydrogen-bond donors (Lipinski definition) is 1. The molecule has 0 radical (unpaired) electrons. The first kappa shape index (κ1) is 13.5. The van der Waals surface area contributed by atoms with Crippen molar-refractivity contribution >= 4 is 46.5 Å². The summed E-state index contributed by atoms with van der Waals surface area (Å²) in [4.78, 5) is 8.41. The molecule has 0 amide bonds. The second-order valence-electron chi connectivity index (χ2n) is 3.62. The molecule has 3 nitrogen and oxygen atoms in total. The zero-order chi connectivity index (χ0) is 13.1. The number of hydrogen-bond acceptors (Lipinski definition) is 4. The van der Waals surface area contributed by atoms with Crippen molar-refractivity contribution in [3.8, 4) is 0 Å². The summed E-state index contributed by atoms with van der Waals surface area (Å²) in [6.45, 7) is 1.98. The number of rotatable bonds is 3. The average Bonchev–Trinajstić information content (AvgIpc) is 2.33. The van der Waals surface area contributed by atoms with Crippen molar-refractivity contribution in [3.63, 3.8) is 0 Å². The Labute approximate surface area is 120 Å². The van der Waals surface area contributed by atoms with Crippen molar-refractivity contribution < 1.29 is 0 Å². The van der Waals surface area contributed by atoms with E-state index >= 15 is 0 Å². The maximum Gasteiger partial charge on any atom is 0.190 e. The second-order valence-corrected chi connectivity index (χ2v) is 5.19. The number of aryl methyl sites for hydroxylation is 1. The Bertz CT molecular complexity index is 555. The van der Waals surface area contributed by atoms with Gasteiger partial charge in [-0.1, -0.05) is 47.1 Å². The van der Waals surface area contributed by atoms with E-state index in [2.05, 4.69) is 15.3 Å². The van der Waals surface area contributed by atoms with Crippen LogP contribution in [-0.4, -0.2) is 16.2 Å². The highest BCUT2D eigenvalue weighted by molar-refractivity contribution is 7.98. The Balaban J connectivity index is 2.37. The van der Waals surface area contributed by atoms with E-state index in [0.717, 1.165) is 11.3 Å². The molecule has 94 valence electrons. The predicted molar refractivity (Wildman–Crippen MR) is 78.3 cm³/mol. The number of aromatic nitrogens is 2. The topological polar surface area (TPSA) is 37.8 Å². The molecule has 0 saturated heterocycles. The lowest BCUT2D eigenvalue weighted by molar-refractivity contribution is 0.976. The van der Waals surface area contributed by atoms with E-state index in [1.54, 1.807) is 6.07 Å². The van der Waals surface area contributed by atoms with Crippen molar-refractivity contribution in [1.29, 1.82) is 0 Å². The monoisotopic (exact) mass is 299 g/mol. The van der Waals surface area contributed by atoms with Gasteiger partial charge in [-0.25, -0.2) is 9.97 Å². The Kier molecular flexibility index (Phi) is 4.32. The SMILES string of the molecule is CSc1nc(Cl)cc(Nc2c(C)cccc2Cl)n1. The van der Waals surface area contributed by atoms with Crippen LogP contribution in [0.15, 0.2) is 29.4 Å². The minimum absolute atomic E-state index is 0.404. The van der Waals surface area contributed by atoms with Gasteiger partial charge in [0.1, 0.15) is 11.0 Å². The summed E-state index contributed by atoms with van der Waals surface area (Å²) in [5, 5.41) is 4.85. The minimum Gasteiger partial charge on any atom is -0.339 e. The minimum atomic E-state index is 0.404. The van der Waals surface area contributed by atoms with Crippen LogP contribution in [0, 0.1) is 6.92 Å². The Morgan fingerprint density at radius 2 is 2.00 bits per heavy atom. The maximum absolute atomic E-state index is 6.15. The molecule has 0 unspecified atom stereocenters. The fourth-order valence-corrected chi connectivity index (χ4v) is 2.35. The number of benzene rings is 1. The largest absolute Gasteiger partial charge is 0.339 e. The average molecular weight is 300 g/mol. The molecule has 2 rings (SSSR count). The number of nitrogens with one attached hydrogen (secondary N) is 1. The highest BCUT2D eigenvalue weighted by Gasteiger charge is 2.07. The van der Waals surface area contributed by atoms with Gasteiger partial charge in [-0.15, -0.1) is 0 Å². The lowest BCUT2D eigenvalue weighted by Crippen LogP contribution is -1.99. The molecule has 1 heterocycles. The normalized spacial score (nSPS) is 10.4. The van der Waals surface area contributed by atoms with Gasteiger partial charge in [-0.05, 0) is 24.8 Å². The van der Waals surface area contributed by atoms with Gasteiger partial charge < -0.3 is 5.32 Å².